The van der Waals surface area contributed by atoms with Gasteiger partial charge in [0.25, 0.3) is 0 Å². The van der Waals surface area contributed by atoms with Gasteiger partial charge in [0, 0.05) is 23.5 Å². The third kappa shape index (κ3) is 6.21. The van der Waals surface area contributed by atoms with Gasteiger partial charge >= 0.3 is 12.1 Å². The average Bonchev–Trinajstić information content (AvgIpc) is 3.14. The number of carbonyl (C=O) groups is 2. The summed E-state index contributed by atoms with van der Waals surface area (Å²) in [5, 5.41) is 42.4. The van der Waals surface area contributed by atoms with Crippen LogP contribution in [-0.4, -0.2) is 86.4 Å². The number of esters is 1. The molecule has 6 atom stereocenters. The van der Waals surface area contributed by atoms with Crippen LogP contribution in [0.3, 0.4) is 0 Å². The number of aromatic nitrogens is 1. The van der Waals surface area contributed by atoms with E-state index in [1.807, 2.05) is 24.3 Å². The number of aromatic amines is 1. The van der Waals surface area contributed by atoms with Crippen LogP contribution in [0.1, 0.15) is 26.3 Å². The second-order valence-electron chi connectivity index (χ2n) is 8.93. The summed E-state index contributed by atoms with van der Waals surface area (Å²) in [6.45, 7) is 4.53. The fourth-order valence-electron chi connectivity index (χ4n) is 3.50. The van der Waals surface area contributed by atoms with Crippen LogP contribution in [-0.2, 0) is 25.4 Å². The standard InChI is InChI=1S/C22H30N2O9/c1-22(2,3)33-21(30)24-14(8-11-9-23-13-7-5-4-6-12(11)13)19(28)31-10-15-16(25)17(26)18(27)20(29)32-15/h4-7,9,14-18,20,23,25-27,29H,8,10H2,1-3H3,(H,24,30)/t14-,15-,16-,17-,18-,20+/m0/s1. The van der Waals surface area contributed by atoms with Gasteiger partial charge in [-0.2, -0.15) is 0 Å². The third-order valence-corrected chi connectivity index (χ3v) is 5.15. The van der Waals surface area contributed by atoms with Gasteiger partial charge in [0.1, 0.15) is 42.7 Å². The number of amides is 1. The third-order valence-electron chi connectivity index (χ3n) is 5.15. The van der Waals surface area contributed by atoms with E-state index in [9.17, 15) is 30.0 Å². The molecule has 3 rings (SSSR count). The monoisotopic (exact) mass is 466 g/mol. The molecular formula is C22H30N2O9. The zero-order valence-electron chi connectivity index (χ0n) is 18.6. The van der Waals surface area contributed by atoms with Gasteiger partial charge in [-0.1, -0.05) is 18.2 Å². The molecule has 33 heavy (non-hydrogen) atoms. The summed E-state index contributed by atoms with van der Waals surface area (Å²) in [5.74, 6) is -0.836. The maximum atomic E-state index is 12.9. The molecule has 11 nitrogen and oxygen atoms in total. The van der Waals surface area contributed by atoms with Gasteiger partial charge in [-0.25, -0.2) is 9.59 Å². The first-order valence-electron chi connectivity index (χ1n) is 10.5. The Bertz CT molecular complexity index is 970. The van der Waals surface area contributed by atoms with Crippen LogP contribution in [0.4, 0.5) is 4.79 Å². The molecule has 0 saturated carbocycles. The second-order valence-corrected chi connectivity index (χ2v) is 8.93. The minimum Gasteiger partial charge on any atom is -0.461 e. The number of aliphatic hydroxyl groups excluding tert-OH is 4. The van der Waals surface area contributed by atoms with E-state index in [1.165, 1.54) is 0 Å². The number of nitrogens with one attached hydrogen (secondary N) is 2. The molecule has 0 radical (unpaired) electrons. The summed E-state index contributed by atoms with van der Waals surface area (Å²) in [6.07, 6.45) is -7.01. The fourth-order valence-corrected chi connectivity index (χ4v) is 3.50. The number of benzene rings is 1. The molecule has 2 heterocycles. The number of carbonyl (C=O) groups excluding carboxylic acids is 2. The number of para-hydroxylation sites is 1. The van der Waals surface area contributed by atoms with E-state index in [2.05, 4.69) is 10.3 Å². The van der Waals surface area contributed by atoms with Gasteiger partial charge in [0.2, 0.25) is 0 Å². The van der Waals surface area contributed by atoms with Crippen LogP contribution in [0.2, 0.25) is 0 Å². The Morgan fingerprint density at radius 3 is 2.52 bits per heavy atom. The number of hydrogen-bond acceptors (Lipinski definition) is 9. The van der Waals surface area contributed by atoms with Gasteiger partial charge in [-0.15, -0.1) is 0 Å². The maximum absolute atomic E-state index is 12.9. The lowest BCUT2D eigenvalue weighted by Crippen LogP contribution is -2.59. The molecule has 0 spiro atoms. The van der Waals surface area contributed by atoms with Crippen molar-refractivity contribution in [3.05, 3.63) is 36.0 Å². The van der Waals surface area contributed by atoms with E-state index in [0.717, 1.165) is 16.5 Å². The van der Waals surface area contributed by atoms with E-state index >= 15 is 0 Å². The highest BCUT2D eigenvalue weighted by Crippen LogP contribution is 2.22. The van der Waals surface area contributed by atoms with Gasteiger partial charge in [0.15, 0.2) is 6.29 Å². The first kappa shape index (κ1) is 24.9. The number of rotatable bonds is 6. The zero-order chi connectivity index (χ0) is 24.3. The second kappa shape index (κ2) is 10.1. The van der Waals surface area contributed by atoms with Crippen LogP contribution in [0, 0.1) is 0 Å². The molecule has 1 amide bonds. The maximum Gasteiger partial charge on any atom is 0.408 e. The van der Waals surface area contributed by atoms with Gasteiger partial charge < -0.3 is 44.9 Å². The first-order valence-corrected chi connectivity index (χ1v) is 10.5. The predicted octanol–water partition coefficient (Wildman–Crippen LogP) is -0.0532. The summed E-state index contributed by atoms with van der Waals surface area (Å²) in [4.78, 5) is 28.3. The summed E-state index contributed by atoms with van der Waals surface area (Å²) < 4.78 is 15.5. The Morgan fingerprint density at radius 1 is 1.12 bits per heavy atom. The molecule has 1 aromatic heterocycles. The number of ether oxygens (including phenoxy) is 3. The molecule has 0 aliphatic carbocycles. The molecule has 1 aliphatic rings. The number of aliphatic hydroxyl groups is 4. The molecule has 182 valence electrons. The normalized spacial score (nSPS) is 26.6. The largest absolute Gasteiger partial charge is 0.461 e. The number of fused-ring (bicyclic) bond motifs is 1. The average molecular weight is 466 g/mol. The highest BCUT2D eigenvalue weighted by atomic mass is 16.7. The lowest BCUT2D eigenvalue weighted by atomic mass is 9.99. The first-order chi connectivity index (χ1) is 15.5. The van der Waals surface area contributed by atoms with E-state index in [1.54, 1.807) is 27.0 Å². The summed E-state index contributed by atoms with van der Waals surface area (Å²) in [5.41, 5.74) is 0.829. The van der Waals surface area contributed by atoms with E-state index in [4.69, 9.17) is 14.2 Å². The van der Waals surface area contributed by atoms with Crippen LogP contribution in [0.5, 0.6) is 0 Å². The van der Waals surface area contributed by atoms with Crippen molar-refractivity contribution in [2.75, 3.05) is 6.61 Å². The molecule has 6 N–H and O–H groups in total. The fraction of sp³-hybridized carbons (Fsp3) is 0.545. The summed E-state index contributed by atoms with van der Waals surface area (Å²) in [7, 11) is 0. The van der Waals surface area contributed by atoms with Gasteiger partial charge in [-0.3, -0.25) is 0 Å². The molecule has 11 heteroatoms. The van der Waals surface area contributed by atoms with Crippen molar-refractivity contribution in [1.82, 2.24) is 10.3 Å². The van der Waals surface area contributed by atoms with Crippen molar-refractivity contribution in [2.24, 2.45) is 0 Å². The highest BCUT2D eigenvalue weighted by molar-refractivity contribution is 5.86. The lowest BCUT2D eigenvalue weighted by Gasteiger charge is -2.38. The Morgan fingerprint density at radius 2 is 1.82 bits per heavy atom. The molecule has 0 bridgehead atoms. The van der Waals surface area contributed by atoms with Crippen molar-refractivity contribution in [2.45, 2.75) is 69.5 Å². The van der Waals surface area contributed by atoms with Crippen molar-refractivity contribution in [1.29, 1.82) is 0 Å². The minimum absolute atomic E-state index is 0.0835. The van der Waals surface area contributed by atoms with Crippen LogP contribution >= 0.6 is 0 Å². The quantitative estimate of drug-likeness (QED) is 0.319. The number of alkyl carbamates (subject to hydrolysis) is 1. The predicted molar refractivity (Wildman–Crippen MR) is 115 cm³/mol. The van der Waals surface area contributed by atoms with Crippen molar-refractivity contribution in [3.8, 4) is 0 Å². The summed E-state index contributed by atoms with van der Waals surface area (Å²) >= 11 is 0. The van der Waals surface area contributed by atoms with Gasteiger partial charge in [0.05, 0.1) is 0 Å². The Hall–Kier alpha value is -2.70. The molecular weight excluding hydrogens is 436 g/mol. The van der Waals surface area contributed by atoms with E-state index in [-0.39, 0.29) is 6.42 Å². The van der Waals surface area contributed by atoms with E-state index in [0.29, 0.717) is 0 Å². The minimum atomic E-state index is -1.76. The van der Waals surface area contributed by atoms with Crippen LogP contribution < -0.4 is 5.32 Å². The Kier molecular flexibility index (Phi) is 7.60. The molecule has 2 aromatic rings. The SMILES string of the molecule is CC(C)(C)OC(=O)N[C@@H](Cc1c[nH]c2ccccc12)C(=O)OC[C@@H]1O[C@@H](O)[C@@H](O)[C@@H](O)[C@H]1O. The Balaban J connectivity index is 1.72. The number of hydrogen-bond donors (Lipinski definition) is 6. The Labute approximate surface area is 190 Å². The molecule has 1 saturated heterocycles. The molecule has 1 aromatic carbocycles. The van der Waals surface area contributed by atoms with E-state index < -0.39 is 61.0 Å². The molecule has 1 aliphatic heterocycles. The van der Waals surface area contributed by atoms with Crippen LogP contribution in [0.25, 0.3) is 10.9 Å². The smallest absolute Gasteiger partial charge is 0.408 e. The lowest BCUT2D eigenvalue weighted by molar-refractivity contribution is -0.287. The van der Waals surface area contributed by atoms with Crippen LogP contribution in [0.15, 0.2) is 30.5 Å². The molecule has 1 fully saturated rings. The topological polar surface area (TPSA) is 171 Å². The van der Waals surface area contributed by atoms with Crippen molar-refractivity contribution >= 4 is 23.0 Å². The van der Waals surface area contributed by atoms with Crippen molar-refractivity contribution in [3.63, 3.8) is 0 Å². The zero-order valence-corrected chi connectivity index (χ0v) is 18.6. The molecule has 0 unspecified atom stereocenters. The van der Waals surface area contributed by atoms with Gasteiger partial charge in [-0.05, 0) is 32.4 Å². The summed E-state index contributed by atoms with van der Waals surface area (Å²) in [6, 6.07) is 6.32. The number of H-pyrrole nitrogens is 1. The highest BCUT2D eigenvalue weighted by Gasteiger charge is 2.43. The van der Waals surface area contributed by atoms with Crippen molar-refractivity contribution < 1.29 is 44.2 Å².